The van der Waals surface area contributed by atoms with Gasteiger partial charge in [-0.05, 0) is 66.8 Å². The lowest BCUT2D eigenvalue weighted by Crippen LogP contribution is -2.50. The first-order chi connectivity index (χ1) is 18.9. The van der Waals surface area contributed by atoms with Gasteiger partial charge in [0.2, 0.25) is 17.7 Å². The summed E-state index contributed by atoms with van der Waals surface area (Å²) in [5, 5.41) is 2.95. The Hall–Kier alpha value is -3.36. The second-order valence-corrected chi connectivity index (χ2v) is 11.1. The van der Waals surface area contributed by atoms with Crippen LogP contribution in [0.25, 0.3) is 11.1 Å². The number of nitrogens with one attached hydrogen (secondary N) is 1. The predicted octanol–water partition coefficient (Wildman–Crippen LogP) is 5.93. The van der Waals surface area contributed by atoms with Gasteiger partial charge in [-0.25, -0.2) is 0 Å². The maximum absolute atomic E-state index is 13.5. The van der Waals surface area contributed by atoms with Crippen LogP contribution in [0.4, 0.5) is 13.2 Å². The number of likely N-dealkylation sites (tertiary alicyclic amines) is 1. The van der Waals surface area contributed by atoms with E-state index in [1.54, 1.807) is 4.90 Å². The van der Waals surface area contributed by atoms with Gasteiger partial charge >= 0.3 is 6.18 Å². The van der Waals surface area contributed by atoms with Crippen LogP contribution in [0.1, 0.15) is 70.4 Å². The molecule has 0 aliphatic carbocycles. The minimum absolute atomic E-state index is 0.160. The van der Waals surface area contributed by atoms with Crippen molar-refractivity contribution in [3.8, 4) is 11.1 Å². The lowest BCUT2D eigenvalue weighted by molar-refractivity contribution is -0.139. The van der Waals surface area contributed by atoms with Gasteiger partial charge < -0.3 is 16.0 Å². The normalized spacial score (nSPS) is 17.8. The van der Waals surface area contributed by atoms with Gasteiger partial charge in [0.25, 0.3) is 0 Å². The number of hydrogen-bond acceptors (Lipinski definition) is 3. The van der Waals surface area contributed by atoms with Gasteiger partial charge in [0, 0.05) is 24.9 Å². The van der Waals surface area contributed by atoms with Crippen LogP contribution in [0, 0.1) is 17.8 Å². The van der Waals surface area contributed by atoms with Gasteiger partial charge in [0.1, 0.15) is 6.04 Å². The molecule has 40 heavy (non-hydrogen) atoms. The molecule has 1 aliphatic rings. The van der Waals surface area contributed by atoms with Gasteiger partial charge in [0.05, 0.1) is 5.56 Å². The summed E-state index contributed by atoms with van der Waals surface area (Å²) in [6, 6.07) is 11.7. The zero-order chi connectivity index (χ0) is 29.4. The van der Waals surface area contributed by atoms with Gasteiger partial charge in [-0.2, -0.15) is 13.2 Å². The quantitative estimate of drug-likeness (QED) is 0.357. The molecule has 3 amide bonds. The molecule has 1 heterocycles. The number of primary amides is 1. The summed E-state index contributed by atoms with van der Waals surface area (Å²) in [6.07, 6.45) is -0.517. The second-order valence-electron chi connectivity index (χ2n) is 11.1. The SMILES string of the molecule is CCC[C@H](C(N)=O)[C@@H](CC(C)C)C(=O)N[C@H]1CCCCN(Cc2ccc(-c3ccc(C(F)(F)F)cc3)cc2)C1=O. The number of benzene rings is 2. The molecule has 218 valence electrons. The lowest BCUT2D eigenvalue weighted by Gasteiger charge is -2.29. The van der Waals surface area contributed by atoms with Crippen molar-refractivity contribution in [3.05, 3.63) is 59.7 Å². The highest BCUT2D eigenvalue weighted by atomic mass is 19.4. The summed E-state index contributed by atoms with van der Waals surface area (Å²) in [5.41, 5.74) is 7.29. The molecule has 1 aliphatic heterocycles. The highest BCUT2D eigenvalue weighted by Crippen LogP contribution is 2.31. The number of carbonyl (C=O) groups is 3. The van der Waals surface area contributed by atoms with Crippen molar-refractivity contribution in [1.82, 2.24) is 10.2 Å². The average Bonchev–Trinajstić information content (AvgIpc) is 3.06. The minimum Gasteiger partial charge on any atom is -0.369 e. The molecule has 0 saturated carbocycles. The Morgan fingerprint density at radius 2 is 1.60 bits per heavy atom. The maximum Gasteiger partial charge on any atom is 0.416 e. The number of nitrogens with two attached hydrogens (primary N) is 1. The van der Waals surface area contributed by atoms with Gasteiger partial charge in [-0.15, -0.1) is 0 Å². The van der Waals surface area contributed by atoms with Crippen molar-refractivity contribution in [2.24, 2.45) is 23.5 Å². The smallest absolute Gasteiger partial charge is 0.369 e. The Labute approximate surface area is 234 Å². The van der Waals surface area contributed by atoms with Gasteiger partial charge in [0.15, 0.2) is 0 Å². The zero-order valence-electron chi connectivity index (χ0n) is 23.5. The van der Waals surface area contributed by atoms with Crippen LogP contribution in [-0.4, -0.2) is 35.2 Å². The number of hydrogen-bond donors (Lipinski definition) is 2. The van der Waals surface area contributed by atoms with Crippen LogP contribution < -0.4 is 11.1 Å². The van der Waals surface area contributed by atoms with E-state index in [2.05, 4.69) is 5.32 Å². The molecular formula is C31H40F3N3O3. The Morgan fingerprint density at radius 1 is 1.00 bits per heavy atom. The molecular weight excluding hydrogens is 519 g/mol. The first kappa shape index (κ1) is 31.2. The third-order valence-corrected chi connectivity index (χ3v) is 7.48. The molecule has 2 aromatic rings. The number of alkyl halides is 3. The van der Waals surface area contributed by atoms with Crippen LogP contribution in [-0.2, 0) is 27.1 Å². The average molecular weight is 560 g/mol. The molecule has 0 aromatic heterocycles. The Bertz CT molecular complexity index is 1150. The van der Waals surface area contributed by atoms with E-state index < -0.39 is 35.5 Å². The highest BCUT2D eigenvalue weighted by Gasteiger charge is 2.36. The summed E-state index contributed by atoms with van der Waals surface area (Å²) in [4.78, 5) is 40.8. The van der Waals surface area contributed by atoms with Crippen LogP contribution in [0.15, 0.2) is 48.5 Å². The third kappa shape index (κ3) is 8.32. The number of halogens is 3. The number of rotatable bonds is 11. The van der Waals surface area contributed by atoms with Crippen molar-refractivity contribution < 1.29 is 27.6 Å². The molecule has 0 radical (unpaired) electrons. The van der Waals surface area contributed by atoms with E-state index in [0.717, 1.165) is 42.5 Å². The fourth-order valence-corrected chi connectivity index (χ4v) is 5.36. The molecule has 3 N–H and O–H groups in total. The Morgan fingerprint density at radius 3 is 2.12 bits per heavy atom. The Balaban J connectivity index is 1.70. The molecule has 3 rings (SSSR count). The van der Waals surface area contributed by atoms with Crippen molar-refractivity contribution in [2.45, 2.75) is 78.1 Å². The minimum atomic E-state index is -4.38. The first-order valence-electron chi connectivity index (χ1n) is 14.1. The largest absolute Gasteiger partial charge is 0.416 e. The summed E-state index contributed by atoms with van der Waals surface area (Å²) >= 11 is 0. The summed E-state index contributed by atoms with van der Waals surface area (Å²) in [7, 11) is 0. The summed E-state index contributed by atoms with van der Waals surface area (Å²) in [5.74, 6) is -1.93. The molecule has 9 heteroatoms. The molecule has 0 unspecified atom stereocenters. The standard InChI is InChI=1S/C31H40F3N3O3/c1-4-7-25(28(35)38)26(18-20(2)3)29(39)36-27-8-5-6-17-37(30(27)40)19-21-9-11-22(12-10-21)23-13-15-24(16-14-23)31(32,33)34/h9-16,20,25-27H,4-8,17-19H2,1-3H3,(H2,35,38)(H,36,39)/t25-,26+,27-/m0/s1. The molecule has 3 atom stereocenters. The van der Waals surface area contributed by atoms with E-state index in [0.29, 0.717) is 37.9 Å². The Kier molecular flexibility index (Phi) is 10.8. The van der Waals surface area contributed by atoms with Crippen molar-refractivity contribution in [1.29, 1.82) is 0 Å². The summed E-state index contributed by atoms with van der Waals surface area (Å²) in [6.45, 7) is 6.84. The molecule has 1 saturated heterocycles. The number of amides is 3. The number of carbonyl (C=O) groups excluding carboxylic acids is 3. The van der Waals surface area contributed by atoms with Crippen molar-refractivity contribution in [2.75, 3.05) is 6.54 Å². The predicted molar refractivity (Wildman–Crippen MR) is 149 cm³/mol. The monoisotopic (exact) mass is 559 g/mol. The fraction of sp³-hybridized carbons (Fsp3) is 0.516. The van der Waals surface area contributed by atoms with E-state index in [1.165, 1.54) is 12.1 Å². The van der Waals surface area contributed by atoms with Crippen molar-refractivity contribution >= 4 is 17.7 Å². The van der Waals surface area contributed by atoms with Crippen LogP contribution in [0.5, 0.6) is 0 Å². The molecule has 1 fully saturated rings. The highest BCUT2D eigenvalue weighted by molar-refractivity contribution is 5.91. The summed E-state index contributed by atoms with van der Waals surface area (Å²) < 4.78 is 38.6. The zero-order valence-corrected chi connectivity index (χ0v) is 23.5. The maximum atomic E-state index is 13.5. The van der Waals surface area contributed by atoms with Gasteiger partial charge in [-0.3, -0.25) is 14.4 Å². The molecule has 6 nitrogen and oxygen atoms in total. The second kappa shape index (κ2) is 13.8. The molecule has 2 aromatic carbocycles. The topological polar surface area (TPSA) is 92.5 Å². The van der Waals surface area contributed by atoms with E-state index in [1.807, 2.05) is 45.0 Å². The van der Waals surface area contributed by atoms with Crippen LogP contribution in [0.3, 0.4) is 0 Å². The third-order valence-electron chi connectivity index (χ3n) is 7.48. The molecule has 0 spiro atoms. The van der Waals surface area contributed by atoms with E-state index >= 15 is 0 Å². The van der Waals surface area contributed by atoms with Crippen LogP contribution >= 0.6 is 0 Å². The van der Waals surface area contributed by atoms with E-state index in [4.69, 9.17) is 5.73 Å². The van der Waals surface area contributed by atoms with Gasteiger partial charge in [-0.1, -0.05) is 63.6 Å². The molecule has 0 bridgehead atoms. The first-order valence-corrected chi connectivity index (χ1v) is 14.1. The van der Waals surface area contributed by atoms with E-state index in [-0.39, 0.29) is 17.7 Å². The number of nitrogens with zero attached hydrogens (tertiary/aromatic N) is 1. The van der Waals surface area contributed by atoms with Crippen molar-refractivity contribution in [3.63, 3.8) is 0 Å². The fourth-order valence-electron chi connectivity index (χ4n) is 5.36. The van der Waals surface area contributed by atoms with Crippen LogP contribution in [0.2, 0.25) is 0 Å². The van der Waals surface area contributed by atoms with E-state index in [9.17, 15) is 27.6 Å². The lowest BCUT2D eigenvalue weighted by atomic mass is 9.81.